The maximum atomic E-state index is 13.0. The number of amides is 2. The quantitative estimate of drug-likeness (QED) is 0.829. The monoisotopic (exact) mass is 373 g/mol. The molecule has 1 aromatic carbocycles. The molecule has 0 saturated carbocycles. The molecule has 1 spiro atoms. The van der Waals surface area contributed by atoms with Crippen LogP contribution in [0.1, 0.15) is 38.7 Å². The van der Waals surface area contributed by atoms with Crippen molar-refractivity contribution in [2.24, 2.45) is 5.41 Å². The fourth-order valence-corrected chi connectivity index (χ4v) is 4.37. The van der Waals surface area contributed by atoms with Gasteiger partial charge in [0.05, 0.1) is 19.1 Å². The van der Waals surface area contributed by atoms with Gasteiger partial charge in [-0.05, 0) is 45.7 Å². The Morgan fingerprint density at radius 1 is 1.26 bits per heavy atom. The highest BCUT2D eigenvalue weighted by Crippen LogP contribution is 2.40. The fourth-order valence-electron chi connectivity index (χ4n) is 4.37. The average molecular weight is 373 g/mol. The number of para-hydroxylation sites is 1. The molecule has 2 fully saturated rings. The maximum absolute atomic E-state index is 13.0. The minimum absolute atomic E-state index is 0.0121. The SMILES string of the molecule is COc1ccccc1CNC(=O)CN1CC[C@@]2(CCCN(C(C)C)C2=O)C1. The number of ether oxygens (including phenoxy) is 1. The Balaban J connectivity index is 1.53. The van der Waals surface area contributed by atoms with Crippen molar-refractivity contribution in [2.75, 3.05) is 33.3 Å². The van der Waals surface area contributed by atoms with E-state index in [9.17, 15) is 9.59 Å². The van der Waals surface area contributed by atoms with Gasteiger partial charge in [0.1, 0.15) is 5.75 Å². The van der Waals surface area contributed by atoms with E-state index in [1.807, 2.05) is 29.2 Å². The van der Waals surface area contributed by atoms with Gasteiger partial charge in [-0.15, -0.1) is 0 Å². The van der Waals surface area contributed by atoms with Crippen LogP contribution >= 0.6 is 0 Å². The van der Waals surface area contributed by atoms with Crippen LogP contribution in [-0.2, 0) is 16.1 Å². The van der Waals surface area contributed by atoms with Crippen molar-refractivity contribution < 1.29 is 14.3 Å². The molecular formula is C21H31N3O3. The molecule has 2 saturated heterocycles. The first-order chi connectivity index (χ1) is 12.9. The second-order valence-corrected chi connectivity index (χ2v) is 8.03. The Morgan fingerprint density at radius 3 is 2.78 bits per heavy atom. The molecular weight excluding hydrogens is 342 g/mol. The van der Waals surface area contributed by atoms with Crippen molar-refractivity contribution in [3.05, 3.63) is 29.8 Å². The Labute approximate surface area is 161 Å². The summed E-state index contributed by atoms with van der Waals surface area (Å²) in [7, 11) is 1.63. The van der Waals surface area contributed by atoms with Crippen LogP contribution in [0.3, 0.4) is 0 Å². The summed E-state index contributed by atoms with van der Waals surface area (Å²) in [4.78, 5) is 29.5. The number of nitrogens with zero attached hydrogens (tertiary/aromatic N) is 2. The number of likely N-dealkylation sites (tertiary alicyclic amines) is 2. The molecule has 148 valence electrons. The summed E-state index contributed by atoms with van der Waals surface area (Å²) in [5.41, 5.74) is 0.673. The van der Waals surface area contributed by atoms with E-state index in [0.717, 1.165) is 43.7 Å². The number of methoxy groups -OCH3 is 1. The van der Waals surface area contributed by atoms with E-state index in [4.69, 9.17) is 4.74 Å². The standard InChI is InChI=1S/C21H31N3O3/c1-16(2)24-11-6-9-21(20(24)26)10-12-23(15-21)14-19(25)22-13-17-7-4-5-8-18(17)27-3/h4-5,7-8,16H,6,9-15H2,1-3H3,(H,22,25)/t21-/m0/s1. The van der Waals surface area contributed by atoms with E-state index >= 15 is 0 Å². The van der Waals surface area contributed by atoms with E-state index in [2.05, 4.69) is 24.1 Å². The smallest absolute Gasteiger partial charge is 0.234 e. The molecule has 2 aliphatic heterocycles. The maximum Gasteiger partial charge on any atom is 0.234 e. The first kappa shape index (κ1) is 19.7. The summed E-state index contributed by atoms with van der Waals surface area (Å²) in [6, 6.07) is 7.93. The Hall–Kier alpha value is -2.08. The van der Waals surface area contributed by atoms with Gasteiger partial charge in [0.25, 0.3) is 0 Å². The van der Waals surface area contributed by atoms with Gasteiger partial charge in [0.2, 0.25) is 11.8 Å². The van der Waals surface area contributed by atoms with Gasteiger partial charge >= 0.3 is 0 Å². The predicted molar refractivity (Wildman–Crippen MR) is 104 cm³/mol. The highest BCUT2D eigenvalue weighted by atomic mass is 16.5. The Morgan fingerprint density at radius 2 is 2.04 bits per heavy atom. The molecule has 0 aromatic heterocycles. The molecule has 27 heavy (non-hydrogen) atoms. The molecule has 2 amide bonds. The molecule has 0 aliphatic carbocycles. The highest BCUT2D eigenvalue weighted by Gasteiger charge is 2.48. The van der Waals surface area contributed by atoms with Crippen LogP contribution in [0.5, 0.6) is 5.75 Å². The number of benzene rings is 1. The van der Waals surface area contributed by atoms with Crippen LogP contribution in [-0.4, -0.2) is 60.9 Å². The summed E-state index contributed by atoms with van der Waals surface area (Å²) in [6.45, 7) is 7.30. The third-order valence-corrected chi connectivity index (χ3v) is 5.86. The van der Waals surface area contributed by atoms with Crippen LogP contribution in [0.15, 0.2) is 24.3 Å². The van der Waals surface area contributed by atoms with Crippen molar-refractivity contribution in [1.29, 1.82) is 0 Å². The molecule has 0 radical (unpaired) electrons. The minimum atomic E-state index is -0.286. The van der Waals surface area contributed by atoms with E-state index in [-0.39, 0.29) is 23.3 Å². The lowest BCUT2D eigenvalue weighted by Gasteiger charge is -2.41. The molecule has 0 bridgehead atoms. The van der Waals surface area contributed by atoms with Gasteiger partial charge in [-0.2, -0.15) is 0 Å². The fraction of sp³-hybridized carbons (Fsp3) is 0.619. The van der Waals surface area contributed by atoms with Gasteiger partial charge in [-0.1, -0.05) is 18.2 Å². The van der Waals surface area contributed by atoms with Gasteiger partial charge < -0.3 is 15.0 Å². The number of piperidine rings is 1. The first-order valence-corrected chi connectivity index (χ1v) is 9.87. The van der Waals surface area contributed by atoms with Crippen molar-refractivity contribution in [1.82, 2.24) is 15.1 Å². The largest absolute Gasteiger partial charge is 0.496 e. The number of hydrogen-bond donors (Lipinski definition) is 1. The zero-order chi connectivity index (χ0) is 19.4. The zero-order valence-electron chi connectivity index (χ0n) is 16.7. The van der Waals surface area contributed by atoms with Crippen molar-refractivity contribution in [3.63, 3.8) is 0 Å². The Kier molecular flexibility index (Phi) is 6.05. The average Bonchev–Trinajstić information content (AvgIpc) is 3.05. The van der Waals surface area contributed by atoms with Crippen LogP contribution in [0.25, 0.3) is 0 Å². The van der Waals surface area contributed by atoms with Gasteiger partial charge in [-0.3, -0.25) is 14.5 Å². The van der Waals surface area contributed by atoms with E-state index in [0.29, 0.717) is 19.6 Å². The summed E-state index contributed by atoms with van der Waals surface area (Å²) in [5, 5.41) is 2.97. The predicted octanol–water partition coefficient (Wildman–Crippen LogP) is 2.03. The molecule has 1 atom stereocenters. The number of carbonyl (C=O) groups excluding carboxylic acids is 2. The van der Waals surface area contributed by atoms with Crippen LogP contribution < -0.4 is 10.1 Å². The summed E-state index contributed by atoms with van der Waals surface area (Å²) in [6.07, 6.45) is 2.85. The molecule has 0 unspecified atom stereocenters. The minimum Gasteiger partial charge on any atom is -0.496 e. The molecule has 1 N–H and O–H groups in total. The van der Waals surface area contributed by atoms with E-state index in [1.165, 1.54) is 0 Å². The molecule has 6 nitrogen and oxygen atoms in total. The second-order valence-electron chi connectivity index (χ2n) is 8.03. The molecule has 6 heteroatoms. The number of hydrogen-bond acceptors (Lipinski definition) is 4. The van der Waals surface area contributed by atoms with Crippen LogP contribution in [0.4, 0.5) is 0 Å². The summed E-state index contributed by atoms with van der Waals surface area (Å²) in [5.74, 6) is 1.04. The zero-order valence-corrected chi connectivity index (χ0v) is 16.7. The van der Waals surface area contributed by atoms with Gasteiger partial charge in [-0.25, -0.2) is 0 Å². The van der Waals surface area contributed by atoms with Crippen molar-refractivity contribution in [2.45, 2.75) is 45.7 Å². The van der Waals surface area contributed by atoms with Gasteiger partial charge in [0, 0.05) is 31.2 Å². The number of rotatable bonds is 6. The van der Waals surface area contributed by atoms with Crippen LogP contribution in [0.2, 0.25) is 0 Å². The van der Waals surface area contributed by atoms with E-state index in [1.54, 1.807) is 7.11 Å². The van der Waals surface area contributed by atoms with Crippen molar-refractivity contribution in [3.8, 4) is 5.75 Å². The van der Waals surface area contributed by atoms with Crippen molar-refractivity contribution >= 4 is 11.8 Å². The lowest BCUT2D eigenvalue weighted by molar-refractivity contribution is -0.147. The topological polar surface area (TPSA) is 61.9 Å². The summed E-state index contributed by atoms with van der Waals surface area (Å²) < 4.78 is 5.32. The lowest BCUT2D eigenvalue weighted by Crippen LogP contribution is -2.52. The highest BCUT2D eigenvalue weighted by molar-refractivity contribution is 5.85. The normalized spacial score (nSPS) is 23.3. The van der Waals surface area contributed by atoms with Gasteiger partial charge in [0.15, 0.2) is 0 Å². The third-order valence-electron chi connectivity index (χ3n) is 5.86. The molecule has 3 rings (SSSR count). The Bertz CT molecular complexity index is 691. The lowest BCUT2D eigenvalue weighted by atomic mass is 9.78. The molecule has 1 aromatic rings. The molecule has 2 heterocycles. The first-order valence-electron chi connectivity index (χ1n) is 9.87. The third kappa shape index (κ3) is 4.26. The molecule has 2 aliphatic rings. The number of carbonyl (C=O) groups is 2. The number of nitrogens with one attached hydrogen (secondary N) is 1. The van der Waals surface area contributed by atoms with Crippen LogP contribution in [0, 0.1) is 5.41 Å². The van der Waals surface area contributed by atoms with E-state index < -0.39 is 0 Å². The summed E-state index contributed by atoms with van der Waals surface area (Å²) >= 11 is 0. The second kappa shape index (κ2) is 8.30.